The molecular formula is C17H20N6O. The number of aliphatic hydroxyl groups is 1. The first-order chi connectivity index (χ1) is 11.7. The van der Waals surface area contributed by atoms with E-state index in [-0.39, 0.29) is 0 Å². The topological polar surface area (TPSA) is 82.9 Å². The number of H-pyrrole nitrogens is 1. The van der Waals surface area contributed by atoms with Crippen molar-refractivity contribution in [3.63, 3.8) is 0 Å². The number of β-amino-alcohol motifs (C(OH)–C–C–N with tert-alkyl or cyclic N) is 1. The Bertz CT molecular complexity index is 785. The highest BCUT2D eigenvalue weighted by Crippen LogP contribution is 2.30. The maximum atomic E-state index is 10.8. The predicted molar refractivity (Wildman–Crippen MR) is 87.9 cm³/mol. The van der Waals surface area contributed by atoms with E-state index in [0.717, 1.165) is 18.9 Å². The lowest BCUT2D eigenvalue weighted by Gasteiger charge is -2.21. The van der Waals surface area contributed by atoms with Gasteiger partial charge in [-0.3, -0.25) is 4.90 Å². The Balaban J connectivity index is 1.45. The summed E-state index contributed by atoms with van der Waals surface area (Å²) < 4.78 is 2.16. The van der Waals surface area contributed by atoms with Gasteiger partial charge in [-0.25, -0.2) is 4.98 Å². The number of hydrogen-bond acceptors (Lipinski definition) is 5. The van der Waals surface area contributed by atoms with Crippen LogP contribution in [-0.2, 0) is 18.7 Å². The molecule has 7 heteroatoms. The Labute approximate surface area is 140 Å². The van der Waals surface area contributed by atoms with Crippen LogP contribution in [0.15, 0.2) is 48.9 Å². The standard InChI is InChI=1S/C17H20N6O/c24-17(15-10-19-21-20-15)6-8-22(13-17)12-16-18-7-9-23(16)11-14-4-2-1-3-5-14/h1-5,7,9-10,24H,6,8,11-13H2,(H,19,20,21)/t17-/m0/s1. The summed E-state index contributed by atoms with van der Waals surface area (Å²) in [6, 6.07) is 10.3. The van der Waals surface area contributed by atoms with Gasteiger partial charge in [-0.05, 0) is 12.0 Å². The molecule has 4 rings (SSSR count). The number of rotatable bonds is 5. The van der Waals surface area contributed by atoms with Gasteiger partial charge in [0.25, 0.3) is 0 Å². The predicted octanol–water partition coefficient (Wildman–Crippen LogP) is 1.14. The van der Waals surface area contributed by atoms with Crippen molar-refractivity contribution in [1.82, 2.24) is 29.9 Å². The number of aromatic amines is 1. The molecule has 24 heavy (non-hydrogen) atoms. The summed E-state index contributed by atoms with van der Waals surface area (Å²) >= 11 is 0. The lowest BCUT2D eigenvalue weighted by molar-refractivity contribution is 0.0405. The van der Waals surface area contributed by atoms with Crippen LogP contribution in [0.2, 0.25) is 0 Å². The second kappa shape index (κ2) is 6.18. The van der Waals surface area contributed by atoms with E-state index < -0.39 is 5.60 Å². The highest BCUT2D eigenvalue weighted by Gasteiger charge is 2.39. The van der Waals surface area contributed by atoms with Gasteiger partial charge >= 0.3 is 0 Å². The van der Waals surface area contributed by atoms with Crippen molar-refractivity contribution in [1.29, 1.82) is 0 Å². The van der Waals surface area contributed by atoms with Crippen molar-refractivity contribution in [2.45, 2.75) is 25.1 Å². The number of imidazole rings is 1. The average Bonchev–Trinajstić information content (AvgIpc) is 3.32. The van der Waals surface area contributed by atoms with E-state index in [9.17, 15) is 5.11 Å². The van der Waals surface area contributed by atoms with Crippen molar-refractivity contribution in [2.24, 2.45) is 0 Å². The van der Waals surface area contributed by atoms with E-state index >= 15 is 0 Å². The van der Waals surface area contributed by atoms with Crippen LogP contribution in [0.4, 0.5) is 0 Å². The molecule has 7 nitrogen and oxygen atoms in total. The van der Waals surface area contributed by atoms with Crippen LogP contribution in [0, 0.1) is 0 Å². The largest absolute Gasteiger partial charge is 0.382 e. The van der Waals surface area contributed by atoms with Gasteiger partial charge in [-0.1, -0.05) is 30.3 Å². The van der Waals surface area contributed by atoms with E-state index in [1.165, 1.54) is 5.56 Å². The Hall–Kier alpha value is -2.51. The molecule has 3 aromatic rings. The van der Waals surface area contributed by atoms with E-state index in [4.69, 9.17) is 0 Å². The van der Waals surface area contributed by atoms with Crippen LogP contribution >= 0.6 is 0 Å². The van der Waals surface area contributed by atoms with E-state index in [2.05, 4.69) is 42.0 Å². The molecule has 124 valence electrons. The molecule has 0 unspecified atom stereocenters. The Kier molecular flexibility index (Phi) is 3.87. The van der Waals surface area contributed by atoms with Gasteiger partial charge in [0.15, 0.2) is 0 Å². The number of benzene rings is 1. The van der Waals surface area contributed by atoms with Gasteiger partial charge < -0.3 is 9.67 Å². The van der Waals surface area contributed by atoms with Gasteiger partial charge in [0.2, 0.25) is 0 Å². The molecule has 0 amide bonds. The molecule has 1 fully saturated rings. The van der Waals surface area contributed by atoms with Crippen molar-refractivity contribution in [3.05, 3.63) is 66.0 Å². The average molecular weight is 324 g/mol. The maximum absolute atomic E-state index is 10.8. The molecule has 1 aliphatic heterocycles. The molecule has 2 aromatic heterocycles. The normalized spacial score (nSPS) is 21.4. The monoisotopic (exact) mass is 324 g/mol. The Morgan fingerprint density at radius 1 is 1.21 bits per heavy atom. The van der Waals surface area contributed by atoms with Crippen molar-refractivity contribution >= 4 is 0 Å². The third kappa shape index (κ3) is 2.95. The van der Waals surface area contributed by atoms with Crippen LogP contribution in [0.1, 0.15) is 23.5 Å². The fourth-order valence-corrected chi connectivity index (χ4v) is 3.26. The SMILES string of the molecule is O[C@@]1(c2cn[nH]n2)CCN(Cc2nccn2Cc2ccccc2)C1. The van der Waals surface area contributed by atoms with Crippen LogP contribution in [0.25, 0.3) is 0 Å². The Morgan fingerprint density at radius 3 is 2.88 bits per heavy atom. The minimum absolute atomic E-state index is 0.539. The van der Waals surface area contributed by atoms with Crippen LogP contribution < -0.4 is 0 Å². The smallest absolute Gasteiger partial charge is 0.124 e. The van der Waals surface area contributed by atoms with E-state index in [1.54, 1.807) is 6.20 Å². The first kappa shape index (κ1) is 15.0. The zero-order chi connectivity index (χ0) is 16.4. The second-order valence-electron chi connectivity index (χ2n) is 6.30. The van der Waals surface area contributed by atoms with Gasteiger partial charge in [-0.2, -0.15) is 15.4 Å². The van der Waals surface area contributed by atoms with E-state index in [1.807, 2.05) is 30.6 Å². The Morgan fingerprint density at radius 2 is 2.08 bits per heavy atom. The summed E-state index contributed by atoms with van der Waals surface area (Å²) in [4.78, 5) is 6.70. The second-order valence-corrected chi connectivity index (χ2v) is 6.30. The molecule has 1 aromatic carbocycles. The lowest BCUT2D eigenvalue weighted by atomic mass is 10.0. The fraction of sp³-hybridized carbons (Fsp3) is 0.353. The maximum Gasteiger partial charge on any atom is 0.124 e. The fourth-order valence-electron chi connectivity index (χ4n) is 3.26. The number of nitrogens with one attached hydrogen (secondary N) is 1. The third-order valence-electron chi connectivity index (χ3n) is 4.58. The number of nitrogens with zero attached hydrogens (tertiary/aromatic N) is 5. The summed E-state index contributed by atoms with van der Waals surface area (Å²) in [6.45, 7) is 2.86. The lowest BCUT2D eigenvalue weighted by Crippen LogP contribution is -2.31. The van der Waals surface area contributed by atoms with Crippen molar-refractivity contribution in [3.8, 4) is 0 Å². The molecule has 0 bridgehead atoms. The van der Waals surface area contributed by atoms with Gasteiger partial charge in [0.1, 0.15) is 17.1 Å². The number of aromatic nitrogens is 5. The molecular weight excluding hydrogens is 304 g/mol. The molecule has 0 aliphatic carbocycles. The van der Waals surface area contributed by atoms with E-state index in [0.29, 0.717) is 25.2 Å². The molecule has 0 radical (unpaired) electrons. The van der Waals surface area contributed by atoms with Gasteiger partial charge in [-0.15, -0.1) is 0 Å². The minimum atomic E-state index is -0.927. The summed E-state index contributed by atoms with van der Waals surface area (Å²) in [5.74, 6) is 1.00. The summed E-state index contributed by atoms with van der Waals surface area (Å²) in [6.07, 6.45) is 6.08. The van der Waals surface area contributed by atoms with Crippen molar-refractivity contribution in [2.75, 3.05) is 13.1 Å². The first-order valence-corrected chi connectivity index (χ1v) is 8.08. The van der Waals surface area contributed by atoms with Crippen molar-refractivity contribution < 1.29 is 5.11 Å². The molecule has 0 saturated carbocycles. The highest BCUT2D eigenvalue weighted by atomic mass is 16.3. The summed E-state index contributed by atoms with van der Waals surface area (Å²) in [7, 11) is 0. The van der Waals surface area contributed by atoms with Crippen LogP contribution in [0.3, 0.4) is 0 Å². The molecule has 1 saturated heterocycles. The number of hydrogen-bond donors (Lipinski definition) is 2. The summed E-state index contributed by atoms with van der Waals surface area (Å²) in [5, 5.41) is 21.2. The third-order valence-corrected chi connectivity index (χ3v) is 4.58. The minimum Gasteiger partial charge on any atom is -0.382 e. The molecule has 1 aliphatic rings. The number of likely N-dealkylation sites (tertiary alicyclic amines) is 1. The summed E-state index contributed by atoms with van der Waals surface area (Å²) in [5.41, 5.74) is 0.930. The van der Waals surface area contributed by atoms with Crippen LogP contribution in [-0.4, -0.2) is 48.1 Å². The first-order valence-electron chi connectivity index (χ1n) is 8.08. The zero-order valence-corrected chi connectivity index (χ0v) is 13.3. The molecule has 2 N–H and O–H groups in total. The molecule has 0 spiro atoms. The van der Waals surface area contributed by atoms with Gasteiger partial charge in [0.05, 0.1) is 12.7 Å². The van der Waals surface area contributed by atoms with Crippen LogP contribution in [0.5, 0.6) is 0 Å². The molecule has 3 heterocycles. The quantitative estimate of drug-likeness (QED) is 0.735. The molecule has 1 atom stereocenters. The van der Waals surface area contributed by atoms with Gasteiger partial charge in [0, 0.05) is 32.0 Å². The zero-order valence-electron chi connectivity index (χ0n) is 13.3. The highest BCUT2D eigenvalue weighted by molar-refractivity contribution is 5.16.